The molecule has 7 heteroatoms. The first-order valence-electron chi connectivity index (χ1n) is 11.6. The lowest BCUT2D eigenvalue weighted by molar-refractivity contribution is 0.0682. The third kappa shape index (κ3) is 3.19. The van der Waals surface area contributed by atoms with Gasteiger partial charge < -0.3 is 14.7 Å². The van der Waals surface area contributed by atoms with Crippen molar-refractivity contribution < 1.29 is 14.6 Å². The van der Waals surface area contributed by atoms with E-state index in [0.29, 0.717) is 26.2 Å². The van der Waals surface area contributed by atoms with Gasteiger partial charge >= 0.3 is 0 Å². The molecular formula is C27H25N3O4. The summed E-state index contributed by atoms with van der Waals surface area (Å²) in [5.74, 6) is -0.0558. The van der Waals surface area contributed by atoms with Crippen molar-refractivity contribution in [2.45, 2.75) is 25.3 Å². The van der Waals surface area contributed by atoms with Crippen molar-refractivity contribution >= 4 is 5.91 Å². The molecule has 172 valence electrons. The number of hydrogen-bond acceptors (Lipinski definition) is 5. The minimum Gasteiger partial charge on any atom is -0.502 e. The Morgan fingerprint density at radius 1 is 0.941 bits per heavy atom. The highest BCUT2D eigenvalue weighted by Gasteiger charge is 2.39. The number of ether oxygens (including phenoxy) is 1. The number of amides is 1. The molecule has 0 unspecified atom stereocenters. The van der Waals surface area contributed by atoms with Gasteiger partial charge in [0.25, 0.3) is 5.91 Å². The zero-order chi connectivity index (χ0) is 23.2. The number of carbonyl (C=O) groups is 1. The molecule has 3 aromatic rings. The lowest BCUT2D eigenvalue weighted by Crippen LogP contribution is -2.55. The van der Waals surface area contributed by atoms with Crippen LogP contribution >= 0.6 is 0 Å². The van der Waals surface area contributed by atoms with Crippen molar-refractivity contribution in [3.8, 4) is 11.5 Å². The van der Waals surface area contributed by atoms with E-state index < -0.39 is 11.2 Å². The van der Waals surface area contributed by atoms with Gasteiger partial charge in [0.2, 0.25) is 5.43 Å². The summed E-state index contributed by atoms with van der Waals surface area (Å²) < 4.78 is 7.92. The molecule has 2 bridgehead atoms. The van der Waals surface area contributed by atoms with E-state index in [4.69, 9.17) is 4.74 Å². The molecule has 7 nitrogen and oxygen atoms in total. The maximum atomic E-state index is 13.4. The van der Waals surface area contributed by atoms with Gasteiger partial charge in [-0.3, -0.25) is 19.3 Å². The average Bonchev–Trinajstić information content (AvgIpc) is 3.01. The fourth-order valence-electron chi connectivity index (χ4n) is 5.33. The summed E-state index contributed by atoms with van der Waals surface area (Å²) >= 11 is 0. The first-order chi connectivity index (χ1) is 16.6. The van der Waals surface area contributed by atoms with E-state index in [2.05, 4.69) is 29.3 Å². The SMILES string of the molecule is O=C1c2c(O)c(=O)ccn2N2CN1CC/C=C\COc1cccc3c1[C@H]2c1ccccc1CC3. The van der Waals surface area contributed by atoms with Crippen molar-refractivity contribution in [3.63, 3.8) is 0 Å². The highest BCUT2D eigenvalue weighted by molar-refractivity contribution is 5.96. The fraction of sp³-hybridized carbons (Fsp3) is 0.259. The zero-order valence-electron chi connectivity index (χ0n) is 18.7. The highest BCUT2D eigenvalue weighted by atomic mass is 16.5. The number of aryl methyl sites for hydroxylation is 2. The molecule has 1 aliphatic carbocycles. The Hall–Kier alpha value is -4.00. The van der Waals surface area contributed by atoms with Crippen LogP contribution < -0.4 is 15.2 Å². The molecule has 0 radical (unpaired) electrons. The Morgan fingerprint density at radius 2 is 1.76 bits per heavy atom. The van der Waals surface area contributed by atoms with Crippen molar-refractivity contribution in [1.29, 1.82) is 0 Å². The molecule has 1 amide bonds. The van der Waals surface area contributed by atoms with E-state index in [1.54, 1.807) is 15.8 Å². The Labute approximate surface area is 197 Å². The second-order valence-electron chi connectivity index (χ2n) is 8.87. The van der Waals surface area contributed by atoms with Crippen LogP contribution in [0, 0.1) is 0 Å². The summed E-state index contributed by atoms with van der Waals surface area (Å²) in [7, 11) is 0. The Bertz CT molecular complexity index is 1380. The first-order valence-corrected chi connectivity index (χ1v) is 11.6. The molecule has 6 rings (SSSR count). The zero-order valence-corrected chi connectivity index (χ0v) is 18.7. The number of nitrogens with zero attached hydrogens (tertiary/aromatic N) is 3. The number of rotatable bonds is 0. The summed E-state index contributed by atoms with van der Waals surface area (Å²) in [4.78, 5) is 27.4. The Kier molecular flexibility index (Phi) is 4.90. The Morgan fingerprint density at radius 3 is 2.68 bits per heavy atom. The number of carbonyl (C=O) groups excluding carboxylic acids is 1. The summed E-state index contributed by atoms with van der Waals surface area (Å²) in [5, 5.41) is 12.8. The molecule has 0 saturated heterocycles. The van der Waals surface area contributed by atoms with Crippen LogP contribution in [0.5, 0.6) is 11.5 Å². The molecule has 1 aromatic heterocycles. The summed E-state index contributed by atoms with van der Waals surface area (Å²) in [6.45, 7) is 1.23. The molecule has 3 aliphatic rings. The van der Waals surface area contributed by atoms with Gasteiger partial charge in [-0.25, -0.2) is 0 Å². The molecule has 2 aromatic carbocycles. The quantitative estimate of drug-likeness (QED) is 0.527. The van der Waals surface area contributed by atoms with Crippen LogP contribution in [0.2, 0.25) is 0 Å². The van der Waals surface area contributed by atoms with Gasteiger partial charge in [0.15, 0.2) is 11.4 Å². The number of aromatic hydroxyl groups is 1. The normalized spacial score (nSPS) is 20.0. The third-order valence-corrected chi connectivity index (χ3v) is 6.94. The van der Waals surface area contributed by atoms with Crippen LogP contribution in [-0.4, -0.2) is 40.4 Å². The monoisotopic (exact) mass is 455 g/mol. The number of pyridine rings is 1. The van der Waals surface area contributed by atoms with Gasteiger partial charge in [-0.15, -0.1) is 0 Å². The van der Waals surface area contributed by atoms with Crippen molar-refractivity contribution in [2.75, 3.05) is 24.8 Å². The molecule has 2 aliphatic heterocycles. The molecule has 0 fully saturated rings. The predicted molar refractivity (Wildman–Crippen MR) is 128 cm³/mol. The largest absolute Gasteiger partial charge is 0.502 e. The molecule has 3 heterocycles. The summed E-state index contributed by atoms with van der Waals surface area (Å²) in [6.07, 6.45) is 7.98. The van der Waals surface area contributed by atoms with Crippen LogP contribution in [0.25, 0.3) is 0 Å². The second-order valence-corrected chi connectivity index (χ2v) is 8.87. The van der Waals surface area contributed by atoms with Crippen LogP contribution in [-0.2, 0) is 12.8 Å². The lowest BCUT2D eigenvalue weighted by Gasteiger charge is -2.44. The van der Waals surface area contributed by atoms with E-state index >= 15 is 0 Å². The van der Waals surface area contributed by atoms with Gasteiger partial charge in [0.1, 0.15) is 25.1 Å². The van der Waals surface area contributed by atoms with Crippen LogP contribution in [0.3, 0.4) is 0 Å². The minimum absolute atomic E-state index is 0.00136. The van der Waals surface area contributed by atoms with Gasteiger partial charge in [-0.05, 0) is 42.0 Å². The Balaban J connectivity index is 1.67. The van der Waals surface area contributed by atoms with Crippen molar-refractivity contribution in [2.24, 2.45) is 0 Å². The summed E-state index contributed by atoms with van der Waals surface area (Å²) in [5.41, 5.74) is 4.05. The standard InChI is InChI=1S/C27H25N3O4/c31-21-13-15-29-25(26(21)32)27(33)28-14-4-1-5-16-34-22-10-6-8-19-12-11-18-7-2-3-9-20(18)24(23(19)22)30(29)17-28/h1-3,5-10,13,15,24,32H,4,11-12,14,16-17H2/b5-1-/t24-/m1/s1. The molecule has 1 atom stereocenters. The third-order valence-electron chi connectivity index (χ3n) is 6.94. The van der Waals surface area contributed by atoms with E-state index in [-0.39, 0.29) is 17.6 Å². The maximum Gasteiger partial charge on any atom is 0.277 e. The van der Waals surface area contributed by atoms with Gasteiger partial charge in [-0.2, -0.15) is 0 Å². The van der Waals surface area contributed by atoms with E-state index in [9.17, 15) is 14.7 Å². The molecule has 0 saturated carbocycles. The molecule has 34 heavy (non-hydrogen) atoms. The molecular weight excluding hydrogens is 430 g/mol. The van der Waals surface area contributed by atoms with Gasteiger partial charge in [-0.1, -0.05) is 48.6 Å². The number of benzene rings is 2. The van der Waals surface area contributed by atoms with Crippen LogP contribution in [0.1, 0.15) is 45.2 Å². The van der Waals surface area contributed by atoms with E-state index in [1.165, 1.54) is 17.2 Å². The second kappa shape index (κ2) is 8.09. The van der Waals surface area contributed by atoms with Crippen LogP contribution in [0.4, 0.5) is 0 Å². The molecule has 1 N–H and O–H groups in total. The van der Waals surface area contributed by atoms with E-state index in [1.807, 2.05) is 30.4 Å². The van der Waals surface area contributed by atoms with Gasteiger partial charge in [0, 0.05) is 24.4 Å². The van der Waals surface area contributed by atoms with Crippen molar-refractivity contribution in [1.82, 2.24) is 9.58 Å². The van der Waals surface area contributed by atoms with Crippen molar-refractivity contribution in [3.05, 3.63) is 105 Å². The average molecular weight is 456 g/mol. The molecule has 0 spiro atoms. The number of hydrogen-bond donors (Lipinski definition) is 1. The number of aromatic nitrogens is 1. The fourth-order valence-corrected chi connectivity index (χ4v) is 5.33. The highest BCUT2D eigenvalue weighted by Crippen LogP contribution is 2.42. The first kappa shape index (κ1) is 20.6. The minimum atomic E-state index is -0.562. The maximum absolute atomic E-state index is 13.4. The van der Waals surface area contributed by atoms with E-state index in [0.717, 1.165) is 29.7 Å². The van der Waals surface area contributed by atoms with Gasteiger partial charge in [0.05, 0.1) is 0 Å². The summed E-state index contributed by atoms with van der Waals surface area (Å²) in [6, 6.07) is 15.6. The van der Waals surface area contributed by atoms with Crippen LogP contribution in [0.15, 0.2) is 71.7 Å². The lowest BCUT2D eigenvalue weighted by atomic mass is 9.93. The smallest absolute Gasteiger partial charge is 0.277 e. The number of fused-ring (bicyclic) bond motifs is 7. The topological polar surface area (TPSA) is 75.0 Å². The predicted octanol–water partition coefficient (Wildman–Crippen LogP) is 3.13.